The van der Waals surface area contributed by atoms with Gasteiger partial charge in [0, 0.05) is 30.9 Å². The number of rotatable bonds is 3. The standard InChI is InChI=1S/C17H16ClF3N6/c18-15-13(10-23-27-14(9-17(19,20)21)24-25-16(15)27)26-7-4-11(5-8-26)12-3-1-2-6-22-12/h1-3,6,10-11H,4-5,7-9H2. The lowest BCUT2D eigenvalue weighted by Crippen LogP contribution is -2.33. The lowest BCUT2D eigenvalue weighted by atomic mass is 9.93. The summed E-state index contributed by atoms with van der Waals surface area (Å²) < 4.78 is 39.0. The molecule has 1 aliphatic heterocycles. The molecule has 0 spiro atoms. The molecule has 1 aliphatic rings. The number of pyridine rings is 1. The highest BCUT2D eigenvalue weighted by Crippen LogP contribution is 2.34. The van der Waals surface area contributed by atoms with Crippen molar-refractivity contribution in [3.63, 3.8) is 0 Å². The van der Waals surface area contributed by atoms with Crippen molar-refractivity contribution >= 4 is 22.9 Å². The summed E-state index contributed by atoms with van der Waals surface area (Å²) in [6, 6.07) is 5.90. The number of nitrogens with zero attached hydrogens (tertiary/aromatic N) is 6. The van der Waals surface area contributed by atoms with Crippen LogP contribution in [0.1, 0.15) is 30.3 Å². The Kier molecular flexibility index (Phi) is 4.63. The monoisotopic (exact) mass is 396 g/mol. The molecule has 1 saturated heterocycles. The third kappa shape index (κ3) is 3.69. The van der Waals surface area contributed by atoms with Gasteiger partial charge in [0.1, 0.15) is 11.4 Å². The first kappa shape index (κ1) is 18.0. The van der Waals surface area contributed by atoms with Crippen molar-refractivity contribution in [2.24, 2.45) is 0 Å². The third-order valence-electron chi connectivity index (χ3n) is 4.72. The SMILES string of the molecule is FC(F)(F)Cc1nnc2c(Cl)c(N3CCC(c4ccccn4)CC3)cnn12. The summed E-state index contributed by atoms with van der Waals surface area (Å²) in [5, 5.41) is 11.8. The molecule has 6 nitrogen and oxygen atoms in total. The summed E-state index contributed by atoms with van der Waals surface area (Å²) in [6.07, 6.45) is -0.496. The summed E-state index contributed by atoms with van der Waals surface area (Å²) in [5.41, 5.74) is 1.88. The van der Waals surface area contributed by atoms with Crippen LogP contribution in [0.15, 0.2) is 30.6 Å². The van der Waals surface area contributed by atoms with Crippen molar-refractivity contribution in [1.29, 1.82) is 0 Å². The molecule has 1 fully saturated rings. The van der Waals surface area contributed by atoms with Crippen LogP contribution in [0.4, 0.5) is 18.9 Å². The second kappa shape index (κ2) is 6.95. The van der Waals surface area contributed by atoms with Crippen LogP contribution in [-0.4, -0.2) is 44.1 Å². The van der Waals surface area contributed by atoms with E-state index in [4.69, 9.17) is 11.6 Å². The lowest BCUT2D eigenvalue weighted by molar-refractivity contribution is -0.128. The zero-order valence-corrected chi connectivity index (χ0v) is 15.0. The van der Waals surface area contributed by atoms with Crippen molar-refractivity contribution in [3.8, 4) is 0 Å². The molecule has 27 heavy (non-hydrogen) atoms. The second-order valence-corrected chi connectivity index (χ2v) is 6.88. The predicted molar refractivity (Wildman–Crippen MR) is 94.0 cm³/mol. The Hall–Kier alpha value is -2.42. The average molecular weight is 397 g/mol. The Morgan fingerprint density at radius 3 is 2.59 bits per heavy atom. The first-order valence-corrected chi connectivity index (χ1v) is 8.91. The van der Waals surface area contributed by atoms with Crippen molar-refractivity contribution < 1.29 is 13.2 Å². The minimum atomic E-state index is -4.39. The van der Waals surface area contributed by atoms with Crippen LogP contribution in [0.5, 0.6) is 0 Å². The van der Waals surface area contributed by atoms with Gasteiger partial charge in [0.2, 0.25) is 0 Å². The molecule has 0 saturated carbocycles. The zero-order valence-electron chi connectivity index (χ0n) is 14.2. The van der Waals surface area contributed by atoms with Crippen molar-refractivity contribution in [2.75, 3.05) is 18.0 Å². The molecule has 0 bridgehead atoms. The Balaban J connectivity index is 1.54. The Morgan fingerprint density at radius 2 is 1.93 bits per heavy atom. The van der Waals surface area contributed by atoms with Crippen LogP contribution in [0, 0.1) is 0 Å². The fourth-order valence-corrected chi connectivity index (χ4v) is 3.68. The van der Waals surface area contributed by atoms with Crippen LogP contribution in [-0.2, 0) is 6.42 Å². The van der Waals surface area contributed by atoms with E-state index in [0.717, 1.165) is 36.1 Å². The number of aromatic nitrogens is 5. The molecule has 0 amide bonds. The smallest absolute Gasteiger partial charge is 0.369 e. The molecule has 0 N–H and O–H groups in total. The molecular weight excluding hydrogens is 381 g/mol. The molecular formula is C17H16ClF3N6. The molecule has 4 rings (SSSR count). The largest absolute Gasteiger partial charge is 0.396 e. The van der Waals surface area contributed by atoms with Gasteiger partial charge < -0.3 is 4.90 Å². The van der Waals surface area contributed by atoms with Gasteiger partial charge in [-0.3, -0.25) is 4.98 Å². The van der Waals surface area contributed by atoms with Crippen LogP contribution in [0.3, 0.4) is 0 Å². The number of fused-ring (bicyclic) bond motifs is 1. The Morgan fingerprint density at radius 1 is 1.15 bits per heavy atom. The van der Waals surface area contributed by atoms with E-state index in [1.165, 1.54) is 6.20 Å². The fraction of sp³-hybridized carbons (Fsp3) is 0.412. The maximum atomic E-state index is 12.6. The normalized spacial score (nSPS) is 16.2. The highest BCUT2D eigenvalue weighted by atomic mass is 35.5. The highest BCUT2D eigenvalue weighted by Gasteiger charge is 2.32. The van der Waals surface area contributed by atoms with Crippen molar-refractivity contribution in [3.05, 3.63) is 47.1 Å². The van der Waals surface area contributed by atoms with Crippen LogP contribution < -0.4 is 4.90 Å². The van der Waals surface area contributed by atoms with E-state index in [2.05, 4.69) is 25.2 Å². The molecule has 0 aliphatic carbocycles. The van der Waals surface area contributed by atoms with Gasteiger partial charge in [-0.1, -0.05) is 17.7 Å². The molecule has 0 atom stereocenters. The molecule has 0 radical (unpaired) electrons. The van der Waals surface area contributed by atoms with E-state index < -0.39 is 12.6 Å². The highest BCUT2D eigenvalue weighted by molar-refractivity contribution is 6.36. The van der Waals surface area contributed by atoms with E-state index >= 15 is 0 Å². The Bertz CT molecular complexity index is 935. The summed E-state index contributed by atoms with van der Waals surface area (Å²) in [4.78, 5) is 6.50. The molecule has 0 unspecified atom stereocenters. The molecule has 10 heteroatoms. The number of piperidine rings is 1. The Labute approximate surface area is 158 Å². The first-order chi connectivity index (χ1) is 12.9. The van der Waals surface area contributed by atoms with Crippen LogP contribution in [0.2, 0.25) is 5.02 Å². The average Bonchev–Trinajstić information content (AvgIpc) is 3.05. The van der Waals surface area contributed by atoms with Gasteiger partial charge in [0.05, 0.1) is 11.9 Å². The number of hydrogen-bond donors (Lipinski definition) is 0. The van der Waals surface area contributed by atoms with Crippen LogP contribution in [0.25, 0.3) is 5.65 Å². The summed E-state index contributed by atoms with van der Waals surface area (Å²) in [7, 11) is 0. The summed E-state index contributed by atoms with van der Waals surface area (Å²) >= 11 is 6.41. The maximum absolute atomic E-state index is 12.6. The van der Waals surface area contributed by atoms with Gasteiger partial charge in [0.25, 0.3) is 0 Å². The number of halogens is 4. The quantitative estimate of drug-likeness (QED) is 0.676. The zero-order chi connectivity index (χ0) is 19.0. The van der Waals surface area contributed by atoms with E-state index in [9.17, 15) is 13.2 Å². The van der Waals surface area contributed by atoms with E-state index in [0.29, 0.717) is 11.6 Å². The predicted octanol–water partition coefficient (Wildman–Crippen LogP) is 3.66. The molecule has 0 aromatic carbocycles. The first-order valence-electron chi connectivity index (χ1n) is 8.54. The maximum Gasteiger partial charge on any atom is 0.396 e. The van der Waals surface area contributed by atoms with Gasteiger partial charge in [-0.05, 0) is 25.0 Å². The van der Waals surface area contributed by atoms with Crippen LogP contribution >= 0.6 is 11.6 Å². The van der Waals surface area contributed by atoms with E-state index in [1.807, 2.05) is 18.2 Å². The molecule has 142 valence electrons. The fourth-order valence-electron chi connectivity index (χ4n) is 3.40. The topological polar surface area (TPSA) is 59.2 Å². The van der Waals surface area contributed by atoms with Gasteiger partial charge in [-0.2, -0.15) is 22.8 Å². The number of hydrogen-bond acceptors (Lipinski definition) is 5. The van der Waals surface area contributed by atoms with Gasteiger partial charge in [-0.15, -0.1) is 10.2 Å². The minimum absolute atomic E-state index is 0.139. The summed E-state index contributed by atoms with van der Waals surface area (Å²) in [5.74, 6) is 0.101. The second-order valence-electron chi connectivity index (χ2n) is 6.50. The van der Waals surface area contributed by atoms with E-state index in [1.54, 1.807) is 6.20 Å². The number of alkyl halides is 3. The van der Waals surface area contributed by atoms with Crippen molar-refractivity contribution in [1.82, 2.24) is 24.8 Å². The van der Waals surface area contributed by atoms with Crippen molar-refractivity contribution in [2.45, 2.75) is 31.4 Å². The van der Waals surface area contributed by atoms with Gasteiger partial charge in [0.15, 0.2) is 11.5 Å². The van der Waals surface area contributed by atoms with Gasteiger partial charge in [-0.25, -0.2) is 0 Å². The van der Waals surface area contributed by atoms with Gasteiger partial charge >= 0.3 is 6.18 Å². The number of anilines is 1. The molecule has 3 aromatic rings. The molecule has 4 heterocycles. The lowest BCUT2D eigenvalue weighted by Gasteiger charge is -2.33. The minimum Gasteiger partial charge on any atom is -0.369 e. The summed E-state index contributed by atoms with van der Waals surface area (Å²) in [6.45, 7) is 1.50. The molecule has 3 aromatic heterocycles. The van der Waals surface area contributed by atoms with E-state index in [-0.39, 0.29) is 16.5 Å². The third-order valence-corrected chi connectivity index (χ3v) is 5.08.